The number of aliphatic hydroxyl groups is 1. The van der Waals surface area contributed by atoms with E-state index in [0.717, 1.165) is 25.9 Å². The molecule has 2 nitrogen and oxygen atoms in total. The first-order valence-electron chi connectivity index (χ1n) is 5.34. The van der Waals surface area contributed by atoms with Crippen LogP contribution in [0.15, 0.2) is 12.7 Å². The van der Waals surface area contributed by atoms with Gasteiger partial charge in [0.05, 0.1) is 0 Å². The van der Waals surface area contributed by atoms with Crippen LogP contribution < -0.4 is 5.32 Å². The Balaban J connectivity index is 2.79. The van der Waals surface area contributed by atoms with Gasteiger partial charge in [-0.3, -0.25) is 0 Å². The summed E-state index contributed by atoms with van der Waals surface area (Å²) in [5.41, 5.74) is 0. The molecule has 0 amide bonds. The van der Waals surface area contributed by atoms with Crippen LogP contribution in [-0.2, 0) is 0 Å². The monoisotopic (exact) mass is 185 g/mol. The van der Waals surface area contributed by atoms with E-state index >= 15 is 0 Å². The number of hydrogen-bond donors (Lipinski definition) is 2. The average molecular weight is 185 g/mol. The highest BCUT2D eigenvalue weighted by Gasteiger charge is 1.89. The topological polar surface area (TPSA) is 32.3 Å². The second kappa shape index (κ2) is 11.7. The molecule has 0 aromatic rings. The Labute approximate surface area is 82.0 Å². The summed E-state index contributed by atoms with van der Waals surface area (Å²) in [5.74, 6) is 0. The second-order valence-corrected chi connectivity index (χ2v) is 3.32. The van der Waals surface area contributed by atoms with Gasteiger partial charge in [-0.1, -0.05) is 18.9 Å². The molecule has 0 rings (SSSR count). The minimum Gasteiger partial charge on any atom is -0.396 e. The van der Waals surface area contributed by atoms with E-state index in [1.54, 1.807) is 0 Å². The van der Waals surface area contributed by atoms with Gasteiger partial charge < -0.3 is 10.4 Å². The van der Waals surface area contributed by atoms with Crippen LogP contribution in [0.25, 0.3) is 0 Å². The molecule has 0 atom stereocenters. The number of rotatable bonds is 10. The predicted molar refractivity (Wildman–Crippen MR) is 57.9 cm³/mol. The van der Waals surface area contributed by atoms with Crippen LogP contribution in [0, 0.1) is 0 Å². The predicted octanol–water partition coefficient (Wildman–Crippen LogP) is 2.09. The molecular formula is C11H23NO. The molecule has 0 spiro atoms. The molecule has 2 N–H and O–H groups in total. The SMILES string of the molecule is C=CCCCCCCNCCCO. The smallest absolute Gasteiger partial charge is 0.0443 e. The van der Waals surface area contributed by atoms with Crippen LogP contribution in [-0.4, -0.2) is 24.8 Å². The average Bonchev–Trinajstić information content (AvgIpc) is 2.16. The van der Waals surface area contributed by atoms with Crippen molar-refractivity contribution in [3.05, 3.63) is 12.7 Å². The molecule has 0 aliphatic heterocycles. The maximum Gasteiger partial charge on any atom is 0.0443 e. The molecular weight excluding hydrogens is 162 g/mol. The van der Waals surface area contributed by atoms with Gasteiger partial charge in [-0.15, -0.1) is 6.58 Å². The summed E-state index contributed by atoms with van der Waals surface area (Å²) in [7, 11) is 0. The number of aliphatic hydroxyl groups excluding tert-OH is 1. The third-order valence-electron chi connectivity index (χ3n) is 2.02. The highest BCUT2D eigenvalue weighted by atomic mass is 16.3. The highest BCUT2D eigenvalue weighted by molar-refractivity contribution is 4.65. The van der Waals surface area contributed by atoms with Crippen molar-refractivity contribution >= 4 is 0 Å². The Hall–Kier alpha value is -0.340. The normalized spacial score (nSPS) is 10.2. The highest BCUT2D eigenvalue weighted by Crippen LogP contribution is 2.02. The number of hydrogen-bond acceptors (Lipinski definition) is 2. The Bertz CT molecular complexity index is 104. The molecule has 0 aliphatic rings. The van der Waals surface area contributed by atoms with Crippen LogP contribution in [0.1, 0.15) is 38.5 Å². The zero-order valence-corrected chi connectivity index (χ0v) is 8.60. The fourth-order valence-electron chi connectivity index (χ4n) is 1.22. The lowest BCUT2D eigenvalue weighted by molar-refractivity contribution is 0.286. The van der Waals surface area contributed by atoms with Crippen molar-refractivity contribution in [3.63, 3.8) is 0 Å². The maximum atomic E-state index is 8.52. The van der Waals surface area contributed by atoms with Crippen molar-refractivity contribution in [2.45, 2.75) is 38.5 Å². The Morgan fingerprint density at radius 1 is 1.00 bits per heavy atom. The second-order valence-electron chi connectivity index (χ2n) is 3.32. The van der Waals surface area contributed by atoms with Crippen LogP contribution in [0.3, 0.4) is 0 Å². The van der Waals surface area contributed by atoms with E-state index in [9.17, 15) is 0 Å². The molecule has 2 heteroatoms. The maximum absolute atomic E-state index is 8.52. The molecule has 0 saturated carbocycles. The fourth-order valence-corrected chi connectivity index (χ4v) is 1.22. The molecule has 0 aliphatic carbocycles. The van der Waals surface area contributed by atoms with Gasteiger partial charge in [0.15, 0.2) is 0 Å². The van der Waals surface area contributed by atoms with Crippen molar-refractivity contribution in [3.8, 4) is 0 Å². The molecule has 0 bridgehead atoms. The van der Waals surface area contributed by atoms with Gasteiger partial charge in [0.1, 0.15) is 0 Å². The molecule has 13 heavy (non-hydrogen) atoms. The first-order valence-corrected chi connectivity index (χ1v) is 5.34. The summed E-state index contributed by atoms with van der Waals surface area (Å²) in [6.07, 6.45) is 9.16. The number of unbranched alkanes of at least 4 members (excludes halogenated alkanes) is 4. The van der Waals surface area contributed by atoms with Gasteiger partial charge in [-0.25, -0.2) is 0 Å². The standard InChI is InChI=1S/C11H23NO/c1-2-3-4-5-6-7-9-12-10-8-11-13/h2,12-13H,1,3-11H2. The van der Waals surface area contributed by atoms with Gasteiger partial charge in [-0.05, 0) is 38.8 Å². The first-order chi connectivity index (χ1) is 6.41. The van der Waals surface area contributed by atoms with E-state index in [1.165, 1.54) is 25.7 Å². The Morgan fingerprint density at radius 3 is 2.38 bits per heavy atom. The summed E-state index contributed by atoms with van der Waals surface area (Å²) in [4.78, 5) is 0. The molecule has 0 saturated heterocycles. The summed E-state index contributed by atoms with van der Waals surface area (Å²) in [5, 5.41) is 11.8. The van der Waals surface area contributed by atoms with Crippen LogP contribution >= 0.6 is 0 Å². The molecule has 0 unspecified atom stereocenters. The van der Waals surface area contributed by atoms with Gasteiger partial charge in [-0.2, -0.15) is 0 Å². The van der Waals surface area contributed by atoms with Crippen molar-refractivity contribution in [1.29, 1.82) is 0 Å². The lowest BCUT2D eigenvalue weighted by Crippen LogP contribution is -2.17. The van der Waals surface area contributed by atoms with Crippen LogP contribution in [0.2, 0.25) is 0 Å². The minimum atomic E-state index is 0.298. The van der Waals surface area contributed by atoms with Crippen molar-refractivity contribution < 1.29 is 5.11 Å². The molecule has 0 aromatic carbocycles. The fraction of sp³-hybridized carbons (Fsp3) is 0.818. The van der Waals surface area contributed by atoms with E-state index < -0.39 is 0 Å². The van der Waals surface area contributed by atoms with Gasteiger partial charge in [0.25, 0.3) is 0 Å². The van der Waals surface area contributed by atoms with Crippen molar-refractivity contribution in [1.82, 2.24) is 5.32 Å². The van der Waals surface area contributed by atoms with E-state index in [2.05, 4.69) is 11.9 Å². The van der Waals surface area contributed by atoms with Gasteiger partial charge in [0.2, 0.25) is 0 Å². The van der Waals surface area contributed by atoms with E-state index in [4.69, 9.17) is 5.11 Å². The number of allylic oxidation sites excluding steroid dienone is 1. The molecule has 0 fully saturated rings. The lowest BCUT2D eigenvalue weighted by atomic mass is 10.1. The zero-order valence-electron chi connectivity index (χ0n) is 8.60. The third kappa shape index (κ3) is 11.7. The van der Waals surface area contributed by atoms with E-state index in [1.807, 2.05) is 6.08 Å². The molecule has 0 radical (unpaired) electrons. The Kier molecular flexibility index (Phi) is 11.4. The summed E-state index contributed by atoms with van der Waals surface area (Å²) in [6, 6.07) is 0. The van der Waals surface area contributed by atoms with Gasteiger partial charge in [0, 0.05) is 6.61 Å². The third-order valence-corrected chi connectivity index (χ3v) is 2.02. The van der Waals surface area contributed by atoms with E-state index in [-0.39, 0.29) is 0 Å². The van der Waals surface area contributed by atoms with Crippen molar-refractivity contribution in [2.75, 3.05) is 19.7 Å². The summed E-state index contributed by atoms with van der Waals surface area (Å²) in [6.45, 7) is 6.03. The molecule has 0 aromatic heterocycles. The molecule has 78 valence electrons. The summed E-state index contributed by atoms with van der Waals surface area (Å²) < 4.78 is 0. The largest absolute Gasteiger partial charge is 0.396 e. The van der Waals surface area contributed by atoms with Crippen LogP contribution in [0.5, 0.6) is 0 Å². The van der Waals surface area contributed by atoms with Crippen LogP contribution in [0.4, 0.5) is 0 Å². The van der Waals surface area contributed by atoms with Crippen molar-refractivity contribution in [2.24, 2.45) is 0 Å². The quantitative estimate of drug-likeness (QED) is 0.403. The molecule has 0 heterocycles. The zero-order chi connectivity index (χ0) is 9.78. The first kappa shape index (κ1) is 12.7. The minimum absolute atomic E-state index is 0.298. The van der Waals surface area contributed by atoms with E-state index in [0.29, 0.717) is 6.61 Å². The summed E-state index contributed by atoms with van der Waals surface area (Å²) >= 11 is 0. The van der Waals surface area contributed by atoms with Gasteiger partial charge >= 0.3 is 0 Å². The number of nitrogens with one attached hydrogen (secondary N) is 1. The lowest BCUT2D eigenvalue weighted by Gasteiger charge is -2.02. The Morgan fingerprint density at radius 2 is 1.69 bits per heavy atom.